The first kappa shape index (κ1) is 11.1. The van der Waals surface area contributed by atoms with E-state index in [0.29, 0.717) is 0 Å². The summed E-state index contributed by atoms with van der Waals surface area (Å²) in [5.41, 5.74) is 11.0. The van der Waals surface area contributed by atoms with Gasteiger partial charge in [0, 0.05) is 17.4 Å². The lowest BCUT2D eigenvalue weighted by Gasteiger charge is -2.07. The van der Waals surface area contributed by atoms with Crippen LogP contribution in [0, 0.1) is 13.8 Å². The van der Waals surface area contributed by atoms with Gasteiger partial charge in [0.2, 0.25) is 0 Å². The van der Waals surface area contributed by atoms with E-state index in [1.807, 2.05) is 13.0 Å². The van der Waals surface area contributed by atoms with Crippen molar-refractivity contribution < 1.29 is 0 Å². The summed E-state index contributed by atoms with van der Waals surface area (Å²) in [5.74, 6) is 0. The van der Waals surface area contributed by atoms with Crippen LogP contribution in [0.3, 0.4) is 0 Å². The van der Waals surface area contributed by atoms with Gasteiger partial charge in [0.25, 0.3) is 0 Å². The largest absolute Gasteiger partial charge is 0.357 e. The zero-order valence-electron chi connectivity index (χ0n) is 9.52. The zero-order valence-corrected chi connectivity index (χ0v) is 9.52. The molecule has 1 rings (SSSR count). The SMILES string of the molecule is C/C=C\c1[nH]c(C(N)CC)c(C)c1C. The van der Waals surface area contributed by atoms with Gasteiger partial charge in [-0.05, 0) is 44.4 Å². The number of allylic oxidation sites excluding steroid dienone is 1. The molecule has 1 aromatic heterocycles. The molecule has 3 N–H and O–H groups in total. The second-order valence-corrected chi connectivity index (χ2v) is 3.72. The average molecular weight is 192 g/mol. The molecule has 1 unspecified atom stereocenters. The Morgan fingerprint density at radius 2 is 2.00 bits per heavy atom. The van der Waals surface area contributed by atoms with Crippen LogP contribution in [0.15, 0.2) is 6.08 Å². The summed E-state index contributed by atoms with van der Waals surface area (Å²) in [4.78, 5) is 3.39. The maximum Gasteiger partial charge on any atom is 0.0448 e. The van der Waals surface area contributed by atoms with Crippen molar-refractivity contribution in [3.63, 3.8) is 0 Å². The van der Waals surface area contributed by atoms with Gasteiger partial charge in [0.1, 0.15) is 0 Å². The Kier molecular flexibility index (Phi) is 3.53. The molecule has 0 bridgehead atoms. The molecule has 0 saturated carbocycles. The van der Waals surface area contributed by atoms with Gasteiger partial charge in [-0.15, -0.1) is 0 Å². The summed E-state index contributed by atoms with van der Waals surface area (Å²) in [7, 11) is 0. The van der Waals surface area contributed by atoms with Gasteiger partial charge in [0.05, 0.1) is 0 Å². The van der Waals surface area contributed by atoms with Crippen LogP contribution < -0.4 is 5.73 Å². The number of aromatic nitrogens is 1. The first-order chi connectivity index (χ1) is 6.61. The highest BCUT2D eigenvalue weighted by atomic mass is 14.8. The Morgan fingerprint density at radius 1 is 1.36 bits per heavy atom. The first-order valence-corrected chi connectivity index (χ1v) is 5.19. The van der Waals surface area contributed by atoms with Crippen LogP contribution in [0.1, 0.15) is 48.8 Å². The van der Waals surface area contributed by atoms with Crippen molar-refractivity contribution >= 4 is 6.08 Å². The van der Waals surface area contributed by atoms with Crippen molar-refractivity contribution in [2.24, 2.45) is 5.73 Å². The van der Waals surface area contributed by atoms with Crippen molar-refractivity contribution in [2.45, 2.75) is 40.2 Å². The summed E-state index contributed by atoms with van der Waals surface area (Å²) >= 11 is 0. The van der Waals surface area contributed by atoms with E-state index in [1.54, 1.807) is 0 Å². The molecule has 0 aromatic carbocycles. The molecule has 0 saturated heterocycles. The van der Waals surface area contributed by atoms with Gasteiger partial charge < -0.3 is 10.7 Å². The predicted molar refractivity (Wildman–Crippen MR) is 62.2 cm³/mol. The van der Waals surface area contributed by atoms with Crippen molar-refractivity contribution in [3.05, 3.63) is 28.6 Å². The molecule has 14 heavy (non-hydrogen) atoms. The Hall–Kier alpha value is -1.02. The topological polar surface area (TPSA) is 41.8 Å². The fraction of sp³-hybridized carbons (Fsp3) is 0.500. The van der Waals surface area contributed by atoms with E-state index < -0.39 is 0 Å². The molecule has 1 aromatic rings. The van der Waals surface area contributed by atoms with Gasteiger partial charge in [-0.1, -0.05) is 13.0 Å². The molecule has 1 atom stereocenters. The Labute approximate surface area is 86.2 Å². The number of rotatable bonds is 3. The van der Waals surface area contributed by atoms with Gasteiger partial charge in [-0.3, -0.25) is 0 Å². The molecule has 78 valence electrons. The number of nitrogens with one attached hydrogen (secondary N) is 1. The lowest BCUT2D eigenvalue weighted by Crippen LogP contribution is -2.10. The minimum absolute atomic E-state index is 0.132. The molecule has 2 nitrogen and oxygen atoms in total. The summed E-state index contributed by atoms with van der Waals surface area (Å²) in [6.45, 7) is 8.39. The molecule has 1 heterocycles. The fourth-order valence-corrected chi connectivity index (χ4v) is 1.64. The van der Waals surface area contributed by atoms with E-state index in [1.165, 1.54) is 22.5 Å². The van der Waals surface area contributed by atoms with Crippen molar-refractivity contribution in [1.29, 1.82) is 0 Å². The number of aromatic amines is 1. The van der Waals surface area contributed by atoms with E-state index in [2.05, 4.69) is 31.8 Å². The van der Waals surface area contributed by atoms with E-state index in [-0.39, 0.29) is 6.04 Å². The van der Waals surface area contributed by atoms with Crippen LogP contribution >= 0.6 is 0 Å². The highest BCUT2D eigenvalue weighted by Crippen LogP contribution is 2.23. The molecular formula is C12H20N2. The van der Waals surface area contributed by atoms with Crippen molar-refractivity contribution in [3.8, 4) is 0 Å². The summed E-state index contributed by atoms with van der Waals surface area (Å²) < 4.78 is 0. The third-order valence-corrected chi connectivity index (χ3v) is 2.78. The van der Waals surface area contributed by atoms with Crippen molar-refractivity contribution in [2.75, 3.05) is 0 Å². The standard InChI is InChI=1S/C12H20N2/c1-5-7-11-8(3)9(4)12(14-11)10(13)6-2/h5,7,10,14H,6,13H2,1-4H3/b7-5-. The summed E-state index contributed by atoms with van der Waals surface area (Å²) in [6, 6.07) is 0.132. The highest BCUT2D eigenvalue weighted by Gasteiger charge is 2.13. The molecule has 0 aliphatic carbocycles. The molecule has 0 amide bonds. The summed E-state index contributed by atoms with van der Waals surface area (Å²) in [6.07, 6.45) is 5.10. The van der Waals surface area contributed by atoms with Crippen LogP contribution in [0.25, 0.3) is 6.08 Å². The van der Waals surface area contributed by atoms with E-state index >= 15 is 0 Å². The van der Waals surface area contributed by atoms with Gasteiger partial charge in [-0.2, -0.15) is 0 Å². The van der Waals surface area contributed by atoms with Gasteiger partial charge >= 0.3 is 0 Å². The highest BCUT2D eigenvalue weighted by molar-refractivity contribution is 5.54. The number of hydrogen-bond donors (Lipinski definition) is 2. The molecule has 2 heteroatoms. The quantitative estimate of drug-likeness (QED) is 0.759. The average Bonchev–Trinajstić information content (AvgIpc) is 2.46. The van der Waals surface area contributed by atoms with Crippen molar-refractivity contribution in [1.82, 2.24) is 4.98 Å². The van der Waals surface area contributed by atoms with Crippen LogP contribution in [0.4, 0.5) is 0 Å². The molecule has 0 fully saturated rings. The lowest BCUT2D eigenvalue weighted by atomic mass is 10.1. The molecule has 0 radical (unpaired) electrons. The van der Waals surface area contributed by atoms with Gasteiger partial charge in [0.15, 0.2) is 0 Å². The second kappa shape index (κ2) is 4.47. The van der Waals surface area contributed by atoms with E-state index in [4.69, 9.17) is 5.73 Å². The monoisotopic (exact) mass is 192 g/mol. The Bertz CT molecular complexity index is 334. The number of hydrogen-bond acceptors (Lipinski definition) is 1. The van der Waals surface area contributed by atoms with E-state index in [9.17, 15) is 0 Å². The zero-order chi connectivity index (χ0) is 10.7. The number of nitrogens with two attached hydrogens (primary N) is 1. The smallest absolute Gasteiger partial charge is 0.0448 e. The van der Waals surface area contributed by atoms with Crippen LogP contribution in [-0.2, 0) is 0 Å². The molecule has 0 aliphatic heterocycles. The summed E-state index contributed by atoms with van der Waals surface area (Å²) in [5, 5.41) is 0. The van der Waals surface area contributed by atoms with Gasteiger partial charge in [-0.25, -0.2) is 0 Å². The van der Waals surface area contributed by atoms with Crippen LogP contribution in [0.2, 0.25) is 0 Å². The van der Waals surface area contributed by atoms with Crippen LogP contribution in [-0.4, -0.2) is 4.98 Å². The minimum atomic E-state index is 0.132. The maximum atomic E-state index is 6.02. The Balaban J connectivity index is 3.14. The third-order valence-electron chi connectivity index (χ3n) is 2.78. The normalized spacial score (nSPS) is 13.8. The second-order valence-electron chi connectivity index (χ2n) is 3.72. The first-order valence-electron chi connectivity index (χ1n) is 5.19. The minimum Gasteiger partial charge on any atom is -0.357 e. The predicted octanol–water partition coefficient (Wildman–Crippen LogP) is 3.07. The molecule has 0 spiro atoms. The van der Waals surface area contributed by atoms with E-state index in [0.717, 1.165) is 6.42 Å². The maximum absolute atomic E-state index is 6.02. The molecule has 0 aliphatic rings. The fourth-order valence-electron chi connectivity index (χ4n) is 1.64. The Morgan fingerprint density at radius 3 is 2.50 bits per heavy atom. The number of H-pyrrole nitrogens is 1. The molecular weight excluding hydrogens is 172 g/mol. The van der Waals surface area contributed by atoms with Crippen LogP contribution in [0.5, 0.6) is 0 Å². The lowest BCUT2D eigenvalue weighted by molar-refractivity contribution is 0.675. The third kappa shape index (κ3) is 1.90.